The third-order valence-corrected chi connectivity index (χ3v) is 5.56. The zero-order valence-corrected chi connectivity index (χ0v) is 15.3. The van der Waals surface area contributed by atoms with Crippen LogP contribution in [0.4, 0.5) is 0 Å². The molecule has 3 aromatic rings. The van der Waals surface area contributed by atoms with Crippen molar-refractivity contribution >= 4 is 5.91 Å². The van der Waals surface area contributed by atoms with Crippen molar-refractivity contribution < 1.29 is 9.53 Å². The number of methoxy groups -OCH3 is 1. The normalized spacial score (nSPS) is 19.0. The second-order valence-corrected chi connectivity index (χ2v) is 7.28. The van der Waals surface area contributed by atoms with E-state index in [9.17, 15) is 4.79 Å². The first kappa shape index (κ1) is 16.2. The summed E-state index contributed by atoms with van der Waals surface area (Å²) in [6.45, 7) is 1.45. The van der Waals surface area contributed by atoms with Gasteiger partial charge >= 0.3 is 0 Å². The van der Waals surface area contributed by atoms with Gasteiger partial charge in [-0.2, -0.15) is 5.10 Å². The molecular formula is C21H22N4O2. The lowest BCUT2D eigenvalue weighted by Gasteiger charge is -2.37. The lowest BCUT2D eigenvalue weighted by Crippen LogP contribution is -2.42. The summed E-state index contributed by atoms with van der Waals surface area (Å²) in [6, 6.07) is 13.9. The molecule has 5 rings (SSSR count). The molecule has 1 aliphatic heterocycles. The highest BCUT2D eigenvalue weighted by atomic mass is 16.5. The molecule has 0 saturated heterocycles. The highest BCUT2D eigenvalue weighted by Crippen LogP contribution is 2.39. The summed E-state index contributed by atoms with van der Waals surface area (Å²) in [5, 5.41) is 7.36. The standard InChI is InChI=1S/C21H22N4O2/c1-27-16-8-6-15(7-9-16)20-19-3-2-10-24(19)11-12-25(20)21(26)18-13-17(22-23-18)14-4-5-14/h2-3,6-10,13-14,20H,4-5,11-12H2,1H3,(H,22,23). The molecule has 0 bridgehead atoms. The molecule has 27 heavy (non-hydrogen) atoms. The van der Waals surface area contributed by atoms with Crippen molar-refractivity contribution in [2.75, 3.05) is 13.7 Å². The lowest BCUT2D eigenvalue weighted by atomic mass is 9.99. The number of amides is 1. The van der Waals surface area contributed by atoms with Crippen LogP contribution in [0.2, 0.25) is 0 Å². The fourth-order valence-electron chi connectivity index (χ4n) is 3.94. The van der Waals surface area contributed by atoms with Crippen molar-refractivity contribution in [3.8, 4) is 5.75 Å². The van der Waals surface area contributed by atoms with E-state index >= 15 is 0 Å². The Bertz CT molecular complexity index is 968. The van der Waals surface area contributed by atoms with Gasteiger partial charge in [0.2, 0.25) is 0 Å². The summed E-state index contributed by atoms with van der Waals surface area (Å²) >= 11 is 0. The third kappa shape index (κ3) is 2.81. The number of carbonyl (C=O) groups excluding carboxylic acids is 1. The summed E-state index contributed by atoms with van der Waals surface area (Å²) in [6.07, 6.45) is 4.44. The number of aromatic amines is 1. The van der Waals surface area contributed by atoms with Gasteiger partial charge in [-0.25, -0.2) is 0 Å². The lowest BCUT2D eigenvalue weighted by molar-refractivity contribution is 0.0658. The number of nitrogens with zero attached hydrogens (tertiary/aromatic N) is 3. The van der Waals surface area contributed by atoms with Crippen molar-refractivity contribution in [3.05, 3.63) is 71.3 Å². The van der Waals surface area contributed by atoms with Gasteiger partial charge in [0, 0.05) is 36.6 Å². The molecule has 6 nitrogen and oxygen atoms in total. The van der Waals surface area contributed by atoms with Crippen LogP contribution in [0.5, 0.6) is 5.75 Å². The van der Waals surface area contributed by atoms with Crippen LogP contribution in [-0.4, -0.2) is 39.2 Å². The molecule has 1 N–H and O–H groups in total. The van der Waals surface area contributed by atoms with E-state index in [0.29, 0.717) is 18.2 Å². The van der Waals surface area contributed by atoms with Crippen molar-refractivity contribution in [1.82, 2.24) is 19.7 Å². The number of hydrogen-bond donors (Lipinski definition) is 1. The summed E-state index contributed by atoms with van der Waals surface area (Å²) in [5.41, 5.74) is 3.79. The van der Waals surface area contributed by atoms with E-state index in [1.807, 2.05) is 41.3 Å². The maximum Gasteiger partial charge on any atom is 0.275 e. The molecule has 1 atom stereocenters. The molecule has 1 unspecified atom stereocenters. The van der Waals surface area contributed by atoms with Crippen LogP contribution >= 0.6 is 0 Å². The number of H-pyrrole nitrogens is 1. The van der Waals surface area contributed by atoms with E-state index in [-0.39, 0.29) is 11.9 Å². The Kier molecular flexibility index (Phi) is 3.77. The monoisotopic (exact) mass is 362 g/mol. The molecule has 1 aromatic carbocycles. The van der Waals surface area contributed by atoms with Crippen molar-refractivity contribution in [2.24, 2.45) is 0 Å². The fraction of sp³-hybridized carbons (Fsp3) is 0.333. The number of aromatic nitrogens is 3. The topological polar surface area (TPSA) is 63.1 Å². The second-order valence-electron chi connectivity index (χ2n) is 7.28. The Balaban J connectivity index is 1.51. The van der Waals surface area contributed by atoms with Gasteiger partial charge in [-0.05, 0) is 48.7 Å². The summed E-state index contributed by atoms with van der Waals surface area (Å²) in [7, 11) is 1.66. The van der Waals surface area contributed by atoms with Crippen LogP contribution in [0, 0.1) is 0 Å². The van der Waals surface area contributed by atoms with Gasteiger partial charge in [0.25, 0.3) is 5.91 Å². The van der Waals surface area contributed by atoms with Crippen molar-refractivity contribution in [1.29, 1.82) is 0 Å². The van der Waals surface area contributed by atoms with Gasteiger partial charge < -0.3 is 14.2 Å². The maximum atomic E-state index is 13.3. The predicted octanol–water partition coefficient (Wildman–Crippen LogP) is 3.34. The highest BCUT2D eigenvalue weighted by Gasteiger charge is 2.34. The molecule has 3 heterocycles. The average molecular weight is 362 g/mol. The van der Waals surface area contributed by atoms with Gasteiger partial charge in [-0.3, -0.25) is 9.89 Å². The molecule has 0 radical (unpaired) electrons. The number of hydrogen-bond acceptors (Lipinski definition) is 3. The van der Waals surface area contributed by atoms with E-state index in [4.69, 9.17) is 4.74 Å². The molecule has 1 amide bonds. The van der Waals surface area contributed by atoms with Crippen LogP contribution < -0.4 is 4.74 Å². The number of fused-ring (bicyclic) bond motifs is 1. The number of benzene rings is 1. The van der Waals surface area contributed by atoms with Gasteiger partial charge in [0.05, 0.1) is 13.2 Å². The second kappa shape index (κ2) is 6.30. The Morgan fingerprint density at radius 3 is 2.74 bits per heavy atom. The fourth-order valence-corrected chi connectivity index (χ4v) is 3.94. The number of carbonyl (C=O) groups is 1. The third-order valence-electron chi connectivity index (χ3n) is 5.56. The molecule has 1 saturated carbocycles. The van der Waals surface area contributed by atoms with E-state index in [1.165, 1.54) is 12.8 Å². The smallest absolute Gasteiger partial charge is 0.275 e. The van der Waals surface area contributed by atoms with Crippen LogP contribution in [-0.2, 0) is 6.54 Å². The Morgan fingerprint density at radius 2 is 2.00 bits per heavy atom. The minimum absolute atomic E-state index is 0.0218. The van der Waals surface area contributed by atoms with Gasteiger partial charge in [-0.15, -0.1) is 0 Å². The van der Waals surface area contributed by atoms with E-state index in [0.717, 1.165) is 29.2 Å². The summed E-state index contributed by atoms with van der Waals surface area (Å²) < 4.78 is 7.51. The Hall–Kier alpha value is -3.02. The number of nitrogens with one attached hydrogen (secondary N) is 1. The molecule has 2 aromatic heterocycles. The molecule has 1 aliphatic carbocycles. The van der Waals surface area contributed by atoms with Crippen molar-refractivity contribution in [2.45, 2.75) is 31.3 Å². The quantitative estimate of drug-likeness (QED) is 0.774. The minimum Gasteiger partial charge on any atom is -0.497 e. The van der Waals surface area contributed by atoms with Gasteiger partial charge in [0.1, 0.15) is 11.4 Å². The maximum absolute atomic E-state index is 13.3. The van der Waals surface area contributed by atoms with Crippen molar-refractivity contribution in [3.63, 3.8) is 0 Å². The first-order chi connectivity index (χ1) is 13.2. The SMILES string of the molecule is COc1ccc(C2c3cccn3CCN2C(=O)c2cc(C3CC3)[nH]n2)cc1. The van der Waals surface area contributed by atoms with E-state index < -0.39 is 0 Å². The molecular weight excluding hydrogens is 340 g/mol. The van der Waals surface area contributed by atoms with Crippen LogP contribution in [0.15, 0.2) is 48.7 Å². The predicted molar refractivity (Wildman–Crippen MR) is 101 cm³/mol. The Morgan fingerprint density at radius 1 is 1.19 bits per heavy atom. The zero-order valence-electron chi connectivity index (χ0n) is 15.3. The molecule has 0 spiro atoms. The van der Waals surface area contributed by atoms with Gasteiger partial charge in [0.15, 0.2) is 0 Å². The number of rotatable bonds is 4. The van der Waals surface area contributed by atoms with E-state index in [1.54, 1.807) is 7.11 Å². The molecule has 2 aliphatic rings. The zero-order chi connectivity index (χ0) is 18.4. The van der Waals surface area contributed by atoms with Gasteiger partial charge in [-0.1, -0.05) is 12.1 Å². The van der Waals surface area contributed by atoms with Crippen LogP contribution in [0.3, 0.4) is 0 Å². The summed E-state index contributed by atoms with van der Waals surface area (Å²) in [4.78, 5) is 15.2. The minimum atomic E-state index is -0.131. The first-order valence-electron chi connectivity index (χ1n) is 9.40. The molecule has 1 fully saturated rings. The summed E-state index contributed by atoms with van der Waals surface area (Å²) in [5.74, 6) is 1.34. The van der Waals surface area contributed by atoms with E-state index in [2.05, 4.69) is 27.0 Å². The van der Waals surface area contributed by atoms with Crippen LogP contribution in [0.25, 0.3) is 0 Å². The van der Waals surface area contributed by atoms with Crippen LogP contribution in [0.1, 0.15) is 52.2 Å². The average Bonchev–Trinajstić information content (AvgIpc) is 3.25. The Labute approximate surface area is 157 Å². The molecule has 6 heteroatoms. The first-order valence-corrected chi connectivity index (χ1v) is 9.40. The molecule has 138 valence electrons. The largest absolute Gasteiger partial charge is 0.497 e. The highest BCUT2D eigenvalue weighted by molar-refractivity contribution is 5.93. The number of ether oxygens (including phenoxy) is 1.